The second-order valence-corrected chi connectivity index (χ2v) is 4.24. The highest BCUT2D eigenvalue weighted by Crippen LogP contribution is 2.19. The van der Waals surface area contributed by atoms with Crippen molar-refractivity contribution in [2.24, 2.45) is 12.8 Å². The molecule has 18 heavy (non-hydrogen) atoms. The molecule has 2 rings (SSSR count). The van der Waals surface area contributed by atoms with Gasteiger partial charge in [-0.15, -0.1) is 0 Å². The van der Waals surface area contributed by atoms with Gasteiger partial charge >= 0.3 is 0 Å². The van der Waals surface area contributed by atoms with Gasteiger partial charge < -0.3 is 20.4 Å². The first kappa shape index (κ1) is 12.8. The number of hydrogen-bond acceptors (Lipinski definition) is 5. The zero-order valence-corrected chi connectivity index (χ0v) is 10.8. The van der Waals surface area contributed by atoms with E-state index in [9.17, 15) is 0 Å². The molecule has 1 unspecified atom stereocenters. The molecule has 0 aliphatic carbocycles. The molecule has 2 heterocycles. The lowest BCUT2D eigenvalue weighted by Gasteiger charge is -2.17. The lowest BCUT2D eigenvalue weighted by Crippen LogP contribution is -2.30. The summed E-state index contributed by atoms with van der Waals surface area (Å²) in [6.45, 7) is 1.21. The fraction of sp³-hybridized carbons (Fsp3) is 0.500. The topological polar surface area (TPSA) is 78.0 Å². The fourth-order valence-corrected chi connectivity index (χ4v) is 1.87. The lowest BCUT2D eigenvalue weighted by atomic mass is 10.2. The molecule has 98 valence electrons. The summed E-state index contributed by atoms with van der Waals surface area (Å²) in [5, 5.41) is 3.33. The Morgan fingerprint density at radius 1 is 1.50 bits per heavy atom. The van der Waals surface area contributed by atoms with Crippen LogP contribution in [-0.4, -0.2) is 40.8 Å². The Balaban J connectivity index is 2.20. The van der Waals surface area contributed by atoms with Gasteiger partial charge in [-0.05, 0) is 12.5 Å². The Labute approximate surface area is 106 Å². The van der Waals surface area contributed by atoms with E-state index in [1.54, 1.807) is 19.6 Å². The van der Waals surface area contributed by atoms with Crippen molar-refractivity contribution in [1.29, 1.82) is 0 Å². The van der Waals surface area contributed by atoms with Crippen molar-refractivity contribution in [3.63, 3.8) is 0 Å². The second-order valence-electron chi connectivity index (χ2n) is 4.24. The van der Waals surface area contributed by atoms with Gasteiger partial charge in [-0.25, -0.2) is 9.97 Å². The standard InChI is InChI=1S/C12H19N5O/c1-17-8-15-11-10(17)3-5-14-12(11)16-9(7-13)4-6-18-2/h3,5,8-9H,4,6-7,13H2,1-2H3,(H,14,16). The number of nitrogens with two attached hydrogens (primary N) is 1. The van der Waals surface area contributed by atoms with Gasteiger partial charge in [0.25, 0.3) is 0 Å². The smallest absolute Gasteiger partial charge is 0.154 e. The zero-order chi connectivity index (χ0) is 13.0. The number of fused-ring (bicyclic) bond motifs is 1. The third-order valence-corrected chi connectivity index (χ3v) is 2.94. The number of pyridine rings is 1. The van der Waals surface area contributed by atoms with Crippen LogP contribution in [0.25, 0.3) is 11.0 Å². The van der Waals surface area contributed by atoms with Crippen LogP contribution in [-0.2, 0) is 11.8 Å². The molecule has 2 aromatic rings. The van der Waals surface area contributed by atoms with E-state index in [1.807, 2.05) is 17.7 Å². The lowest BCUT2D eigenvalue weighted by molar-refractivity contribution is 0.190. The second kappa shape index (κ2) is 5.79. The normalized spacial score (nSPS) is 12.8. The van der Waals surface area contributed by atoms with Gasteiger partial charge in [-0.3, -0.25) is 0 Å². The van der Waals surface area contributed by atoms with Gasteiger partial charge in [-0.1, -0.05) is 0 Å². The Morgan fingerprint density at radius 3 is 3.06 bits per heavy atom. The van der Waals surface area contributed by atoms with Gasteiger partial charge in [0.1, 0.15) is 5.52 Å². The fourth-order valence-electron chi connectivity index (χ4n) is 1.87. The monoisotopic (exact) mass is 249 g/mol. The molecule has 0 aromatic carbocycles. The maximum Gasteiger partial charge on any atom is 0.154 e. The molecule has 0 saturated heterocycles. The van der Waals surface area contributed by atoms with Crippen LogP contribution in [0.2, 0.25) is 0 Å². The minimum Gasteiger partial charge on any atom is -0.385 e. The molecule has 6 heteroatoms. The number of imidazole rings is 1. The average molecular weight is 249 g/mol. The molecule has 0 aliphatic heterocycles. The highest BCUT2D eigenvalue weighted by Gasteiger charge is 2.11. The van der Waals surface area contributed by atoms with Crippen LogP contribution in [0.4, 0.5) is 5.82 Å². The quantitative estimate of drug-likeness (QED) is 0.789. The van der Waals surface area contributed by atoms with Crippen LogP contribution in [0.3, 0.4) is 0 Å². The van der Waals surface area contributed by atoms with Crippen LogP contribution in [0.15, 0.2) is 18.6 Å². The Bertz CT molecular complexity index is 510. The molecule has 0 aliphatic rings. The van der Waals surface area contributed by atoms with Crippen LogP contribution >= 0.6 is 0 Å². The van der Waals surface area contributed by atoms with Gasteiger partial charge in [-0.2, -0.15) is 0 Å². The minimum absolute atomic E-state index is 0.144. The van der Waals surface area contributed by atoms with Crippen molar-refractivity contribution >= 4 is 16.9 Å². The largest absolute Gasteiger partial charge is 0.385 e. The van der Waals surface area contributed by atoms with E-state index < -0.39 is 0 Å². The molecule has 1 atom stereocenters. The molecule has 6 nitrogen and oxygen atoms in total. The van der Waals surface area contributed by atoms with Gasteiger partial charge in [0.15, 0.2) is 5.82 Å². The summed E-state index contributed by atoms with van der Waals surface area (Å²) >= 11 is 0. The summed E-state index contributed by atoms with van der Waals surface area (Å²) in [6.07, 6.45) is 4.40. The summed E-state index contributed by atoms with van der Waals surface area (Å²) in [6, 6.07) is 2.09. The third-order valence-electron chi connectivity index (χ3n) is 2.94. The van der Waals surface area contributed by atoms with Crippen LogP contribution in [0, 0.1) is 0 Å². The molecular weight excluding hydrogens is 230 g/mol. The SMILES string of the molecule is COCCC(CN)Nc1nccc2c1ncn2C. The molecule has 0 amide bonds. The predicted molar refractivity (Wildman–Crippen MR) is 71.5 cm³/mol. The molecular formula is C12H19N5O. The number of aromatic nitrogens is 3. The molecule has 3 N–H and O–H groups in total. The number of ether oxygens (including phenoxy) is 1. The van der Waals surface area contributed by atoms with Gasteiger partial charge in [0, 0.05) is 39.5 Å². The molecule has 0 saturated carbocycles. The first-order chi connectivity index (χ1) is 8.76. The Hall–Kier alpha value is -1.66. The molecule has 0 fully saturated rings. The molecule has 0 radical (unpaired) electrons. The van der Waals surface area contributed by atoms with Gasteiger partial charge in [0.05, 0.1) is 11.8 Å². The first-order valence-corrected chi connectivity index (χ1v) is 5.97. The third kappa shape index (κ3) is 2.60. The van der Waals surface area contributed by atoms with Crippen molar-refractivity contribution in [2.45, 2.75) is 12.5 Å². The summed E-state index contributed by atoms with van der Waals surface area (Å²) in [5.74, 6) is 0.777. The first-order valence-electron chi connectivity index (χ1n) is 5.97. The summed E-state index contributed by atoms with van der Waals surface area (Å²) in [7, 11) is 3.65. The average Bonchev–Trinajstić information content (AvgIpc) is 2.77. The van der Waals surface area contributed by atoms with Crippen LogP contribution in [0.5, 0.6) is 0 Å². The molecule has 2 aromatic heterocycles. The number of hydrogen-bond donors (Lipinski definition) is 2. The van der Waals surface area contributed by atoms with Crippen LogP contribution in [0.1, 0.15) is 6.42 Å². The summed E-state index contributed by atoms with van der Waals surface area (Å²) in [5.41, 5.74) is 7.66. The van der Waals surface area contributed by atoms with Crippen molar-refractivity contribution in [3.05, 3.63) is 18.6 Å². The van der Waals surface area contributed by atoms with Crippen molar-refractivity contribution < 1.29 is 4.74 Å². The number of nitrogens with zero attached hydrogens (tertiary/aromatic N) is 3. The van der Waals surface area contributed by atoms with E-state index in [2.05, 4.69) is 15.3 Å². The van der Waals surface area contributed by atoms with Crippen molar-refractivity contribution in [3.8, 4) is 0 Å². The highest BCUT2D eigenvalue weighted by molar-refractivity contribution is 5.85. The molecule has 0 bridgehead atoms. The number of methoxy groups -OCH3 is 1. The van der Waals surface area contributed by atoms with E-state index in [1.165, 1.54) is 0 Å². The number of aryl methyl sites for hydroxylation is 1. The highest BCUT2D eigenvalue weighted by atomic mass is 16.5. The zero-order valence-electron chi connectivity index (χ0n) is 10.8. The number of anilines is 1. The van der Waals surface area contributed by atoms with E-state index in [4.69, 9.17) is 10.5 Å². The maximum atomic E-state index is 5.74. The van der Waals surface area contributed by atoms with E-state index >= 15 is 0 Å². The summed E-state index contributed by atoms with van der Waals surface area (Å²) in [4.78, 5) is 8.68. The van der Waals surface area contributed by atoms with Gasteiger partial charge in [0.2, 0.25) is 0 Å². The van der Waals surface area contributed by atoms with E-state index in [0.717, 1.165) is 23.3 Å². The number of nitrogens with one attached hydrogen (secondary N) is 1. The van der Waals surface area contributed by atoms with Crippen molar-refractivity contribution in [1.82, 2.24) is 14.5 Å². The maximum absolute atomic E-state index is 5.74. The minimum atomic E-state index is 0.144. The Morgan fingerprint density at radius 2 is 2.33 bits per heavy atom. The van der Waals surface area contributed by atoms with E-state index in [0.29, 0.717) is 13.2 Å². The van der Waals surface area contributed by atoms with E-state index in [-0.39, 0.29) is 6.04 Å². The predicted octanol–water partition coefficient (Wildman–Crippen LogP) is 0.744. The summed E-state index contributed by atoms with van der Waals surface area (Å²) < 4.78 is 7.03. The van der Waals surface area contributed by atoms with Crippen LogP contribution < -0.4 is 11.1 Å². The van der Waals surface area contributed by atoms with Crippen molar-refractivity contribution in [2.75, 3.05) is 25.6 Å². The number of rotatable bonds is 6. The molecule has 0 spiro atoms. The Kier molecular flexibility index (Phi) is 4.11.